The number of hydrogen-bond acceptors (Lipinski definition) is 5. The highest BCUT2D eigenvalue weighted by atomic mass is 32.2. The summed E-state index contributed by atoms with van der Waals surface area (Å²) in [5, 5.41) is 11.8. The number of hydrogen-bond donors (Lipinski definition) is 1. The highest BCUT2D eigenvalue weighted by Crippen LogP contribution is 2.36. The predicted octanol–water partition coefficient (Wildman–Crippen LogP) is 6.08. The molecule has 0 fully saturated rings. The zero-order valence-electron chi connectivity index (χ0n) is 19.5. The van der Waals surface area contributed by atoms with E-state index in [0.717, 1.165) is 17.7 Å². The Labute approximate surface area is 210 Å². The number of nitrogens with zero attached hydrogens (tertiary/aromatic N) is 3. The molecule has 186 valence electrons. The van der Waals surface area contributed by atoms with Crippen LogP contribution in [0.3, 0.4) is 0 Å². The van der Waals surface area contributed by atoms with E-state index in [1.807, 2.05) is 37.3 Å². The lowest BCUT2D eigenvalue weighted by atomic mass is 10.2. The molecule has 1 heterocycles. The molecule has 4 rings (SSSR count). The van der Waals surface area contributed by atoms with E-state index < -0.39 is 11.7 Å². The molecule has 0 saturated carbocycles. The second-order valence-corrected chi connectivity index (χ2v) is 9.17. The fourth-order valence-electron chi connectivity index (χ4n) is 3.50. The first kappa shape index (κ1) is 25.3. The second-order valence-electron chi connectivity index (χ2n) is 7.86. The van der Waals surface area contributed by atoms with Crippen LogP contribution in [0.2, 0.25) is 0 Å². The Morgan fingerprint density at radius 3 is 2.28 bits per heavy atom. The average Bonchev–Trinajstić information content (AvgIpc) is 3.29. The van der Waals surface area contributed by atoms with Crippen molar-refractivity contribution in [2.45, 2.75) is 30.1 Å². The van der Waals surface area contributed by atoms with Crippen LogP contribution in [0.25, 0.3) is 5.69 Å². The Morgan fingerprint density at radius 1 is 1.00 bits per heavy atom. The number of ether oxygens (including phenoxy) is 1. The van der Waals surface area contributed by atoms with Gasteiger partial charge in [0.2, 0.25) is 0 Å². The largest absolute Gasteiger partial charge is 0.497 e. The lowest BCUT2D eigenvalue weighted by molar-refractivity contribution is -0.137. The summed E-state index contributed by atoms with van der Waals surface area (Å²) < 4.78 is 46.1. The van der Waals surface area contributed by atoms with Crippen LogP contribution in [0.15, 0.2) is 84.0 Å². The number of carbonyl (C=O) groups excluding carboxylic acids is 1. The highest BCUT2D eigenvalue weighted by Gasteiger charge is 2.30. The number of thioether (sulfide) groups is 1. The second kappa shape index (κ2) is 10.9. The van der Waals surface area contributed by atoms with Crippen LogP contribution >= 0.6 is 11.8 Å². The van der Waals surface area contributed by atoms with E-state index in [-0.39, 0.29) is 17.7 Å². The van der Waals surface area contributed by atoms with Crippen molar-refractivity contribution in [2.75, 3.05) is 7.11 Å². The predicted molar refractivity (Wildman–Crippen MR) is 131 cm³/mol. The van der Waals surface area contributed by atoms with Crippen LogP contribution in [0, 0.1) is 0 Å². The lowest BCUT2D eigenvalue weighted by Crippen LogP contribution is -2.24. The number of methoxy groups -OCH3 is 1. The summed E-state index contributed by atoms with van der Waals surface area (Å²) in [6.45, 7) is 2.04. The Morgan fingerprint density at radius 2 is 1.67 bits per heavy atom. The van der Waals surface area contributed by atoms with E-state index in [4.69, 9.17) is 4.74 Å². The third-order valence-electron chi connectivity index (χ3n) is 5.46. The Bertz CT molecular complexity index is 1310. The standard InChI is InChI=1S/C26H23F3N4O2S/c1-17(18-6-4-3-5-7-18)36-25-32-31-23(16-30-24(34)19-8-14-22(35-2)15-9-19)33(25)21-12-10-20(11-13-21)26(27,28)29/h3-15,17H,16H2,1-2H3,(H,30,34). The highest BCUT2D eigenvalue weighted by molar-refractivity contribution is 7.99. The van der Waals surface area contributed by atoms with E-state index in [2.05, 4.69) is 15.5 Å². The van der Waals surface area contributed by atoms with Crippen molar-refractivity contribution in [3.63, 3.8) is 0 Å². The molecule has 1 amide bonds. The number of benzene rings is 3. The Hall–Kier alpha value is -3.79. The van der Waals surface area contributed by atoms with Crippen molar-refractivity contribution < 1.29 is 22.7 Å². The number of amides is 1. The molecule has 1 N–H and O–H groups in total. The topological polar surface area (TPSA) is 69.0 Å². The molecule has 0 spiro atoms. The molecule has 0 aliphatic carbocycles. The molecule has 0 bridgehead atoms. The summed E-state index contributed by atoms with van der Waals surface area (Å²) >= 11 is 1.42. The van der Waals surface area contributed by atoms with Crippen LogP contribution < -0.4 is 10.1 Å². The molecule has 4 aromatic rings. The van der Waals surface area contributed by atoms with Crippen molar-refractivity contribution in [1.82, 2.24) is 20.1 Å². The maximum atomic E-state index is 13.1. The van der Waals surface area contributed by atoms with Gasteiger partial charge in [-0.2, -0.15) is 13.2 Å². The summed E-state index contributed by atoms with van der Waals surface area (Å²) in [4.78, 5) is 12.7. The van der Waals surface area contributed by atoms with Crippen molar-refractivity contribution in [3.8, 4) is 11.4 Å². The summed E-state index contributed by atoms with van der Waals surface area (Å²) in [6, 6.07) is 21.2. The zero-order chi connectivity index (χ0) is 25.7. The van der Waals surface area contributed by atoms with E-state index in [0.29, 0.717) is 28.0 Å². The molecule has 1 aromatic heterocycles. The summed E-state index contributed by atoms with van der Waals surface area (Å²) in [5.74, 6) is 0.689. The van der Waals surface area contributed by atoms with Crippen molar-refractivity contribution in [2.24, 2.45) is 0 Å². The van der Waals surface area contributed by atoms with Gasteiger partial charge in [-0.3, -0.25) is 9.36 Å². The molecule has 10 heteroatoms. The molecule has 3 aromatic carbocycles. The molecule has 36 heavy (non-hydrogen) atoms. The quantitative estimate of drug-likeness (QED) is 0.290. The number of nitrogens with one attached hydrogen (secondary N) is 1. The van der Waals surface area contributed by atoms with Gasteiger partial charge in [-0.1, -0.05) is 42.1 Å². The molecule has 0 aliphatic rings. The zero-order valence-corrected chi connectivity index (χ0v) is 20.3. The monoisotopic (exact) mass is 512 g/mol. The van der Waals surface area contributed by atoms with Crippen molar-refractivity contribution in [3.05, 3.63) is 101 Å². The van der Waals surface area contributed by atoms with Gasteiger partial charge in [-0.05, 0) is 61.0 Å². The molecular weight excluding hydrogens is 489 g/mol. The number of rotatable bonds is 8. The van der Waals surface area contributed by atoms with E-state index in [9.17, 15) is 18.0 Å². The van der Waals surface area contributed by atoms with E-state index >= 15 is 0 Å². The van der Waals surface area contributed by atoms with Crippen molar-refractivity contribution >= 4 is 17.7 Å². The van der Waals surface area contributed by atoms with E-state index in [1.54, 1.807) is 28.8 Å². The molecule has 1 unspecified atom stereocenters. The van der Waals surface area contributed by atoms with Gasteiger partial charge in [-0.15, -0.1) is 10.2 Å². The normalized spacial score (nSPS) is 12.2. The van der Waals surface area contributed by atoms with Crippen LogP contribution in [0.4, 0.5) is 13.2 Å². The molecule has 6 nitrogen and oxygen atoms in total. The molecule has 1 atom stereocenters. The smallest absolute Gasteiger partial charge is 0.416 e. The Kier molecular flexibility index (Phi) is 7.64. The number of alkyl halides is 3. The minimum atomic E-state index is -4.44. The molecule has 0 radical (unpaired) electrons. The van der Waals surface area contributed by atoms with Gasteiger partial charge in [0.25, 0.3) is 5.91 Å². The fourth-order valence-corrected chi connectivity index (χ4v) is 4.52. The molecule has 0 aliphatic heterocycles. The van der Waals surface area contributed by atoms with Gasteiger partial charge in [0.15, 0.2) is 11.0 Å². The van der Waals surface area contributed by atoms with Gasteiger partial charge in [-0.25, -0.2) is 0 Å². The van der Waals surface area contributed by atoms with Crippen LogP contribution in [0.1, 0.15) is 39.5 Å². The number of halogens is 3. The van der Waals surface area contributed by atoms with Gasteiger partial charge < -0.3 is 10.1 Å². The first-order chi connectivity index (χ1) is 17.3. The third-order valence-corrected chi connectivity index (χ3v) is 6.56. The first-order valence-corrected chi connectivity index (χ1v) is 11.9. The van der Waals surface area contributed by atoms with Gasteiger partial charge in [0.05, 0.1) is 19.2 Å². The fraction of sp³-hybridized carbons (Fsp3) is 0.192. The Balaban J connectivity index is 1.61. The van der Waals surface area contributed by atoms with Crippen LogP contribution in [-0.4, -0.2) is 27.8 Å². The lowest BCUT2D eigenvalue weighted by Gasteiger charge is -2.15. The molecule has 0 saturated heterocycles. The average molecular weight is 513 g/mol. The third kappa shape index (κ3) is 5.88. The SMILES string of the molecule is COc1ccc(C(=O)NCc2nnc(SC(C)c3ccccc3)n2-c2ccc(C(F)(F)F)cc2)cc1. The summed E-state index contributed by atoms with van der Waals surface area (Å²) in [7, 11) is 1.54. The minimum absolute atomic E-state index is 0.00494. The minimum Gasteiger partial charge on any atom is -0.497 e. The molecular formula is C26H23F3N4O2S. The van der Waals surface area contributed by atoms with Gasteiger partial charge in [0.1, 0.15) is 5.75 Å². The maximum absolute atomic E-state index is 13.1. The van der Waals surface area contributed by atoms with Gasteiger partial charge in [0, 0.05) is 16.5 Å². The van der Waals surface area contributed by atoms with Crippen molar-refractivity contribution in [1.29, 1.82) is 0 Å². The van der Waals surface area contributed by atoms with Gasteiger partial charge >= 0.3 is 6.18 Å². The summed E-state index contributed by atoms with van der Waals surface area (Å²) in [6.07, 6.45) is -4.44. The number of aromatic nitrogens is 3. The maximum Gasteiger partial charge on any atom is 0.416 e. The van der Waals surface area contributed by atoms with E-state index in [1.165, 1.54) is 31.0 Å². The summed E-state index contributed by atoms with van der Waals surface area (Å²) in [5.41, 5.74) is 1.22. The first-order valence-electron chi connectivity index (χ1n) is 11.0. The van der Waals surface area contributed by atoms with Crippen LogP contribution in [0.5, 0.6) is 5.75 Å². The number of carbonyl (C=O) groups is 1. The van der Waals surface area contributed by atoms with Crippen LogP contribution in [-0.2, 0) is 12.7 Å².